The Bertz CT molecular complexity index is 1480. The van der Waals surface area contributed by atoms with Crippen molar-refractivity contribution in [3.63, 3.8) is 0 Å². The Morgan fingerprint density at radius 2 is 1.60 bits per heavy atom. The molecule has 0 bridgehead atoms. The van der Waals surface area contributed by atoms with E-state index >= 15 is 0 Å². The molecule has 0 spiro atoms. The summed E-state index contributed by atoms with van der Waals surface area (Å²) >= 11 is 12.8. The number of sulfonamides is 1. The molecule has 1 aliphatic rings. The Morgan fingerprint density at radius 1 is 0.929 bits per heavy atom. The third-order valence-corrected chi connectivity index (χ3v) is 10.2. The second-order valence-corrected chi connectivity index (χ2v) is 13.3. The molecular formula is C32H37Cl2N3O4S. The summed E-state index contributed by atoms with van der Waals surface area (Å²) < 4.78 is 29.1. The third-order valence-electron chi connectivity index (χ3n) is 7.62. The standard InChI is InChI=1S/C32H37Cl2N3O4S/c1-3-28(32(39)35-25-13-8-5-9-14-25)36(21-24-11-6-4-7-12-24)30(38)22-37(29-16-10-15-27(33)31(29)34)42(40,41)26-19-17-23(2)18-20-26/h4,6-7,10-12,15-20,25,28H,3,5,8-9,13-14,21-22H2,1-2H3,(H,35,39)/t28-/m0/s1. The van der Waals surface area contributed by atoms with Crippen molar-refractivity contribution in [1.82, 2.24) is 10.2 Å². The van der Waals surface area contributed by atoms with Gasteiger partial charge in [-0.2, -0.15) is 0 Å². The molecular weight excluding hydrogens is 593 g/mol. The number of nitrogens with one attached hydrogen (secondary N) is 1. The average Bonchev–Trinajstić information content (AvgIpc) is 2.98. The van der Waals surface area contributed by atoms with E-state index in [0.717, 1.165) is 47.5 Å². The molecule has 0 radical (unpaired) electrons. The van der Waals surface area contributed by atoms with Crippen molar-refractivity contribution < 1.29 is 18.0 Å². The highest BCUT2D eigenvalue weighted by atomic mass is 35.5. The van der Waals surface area contributed by atoms with Crippen LogP contribution in [-0.2, 0) is 26.2 Å². The van der Waals surface area contributed by atoms with E-state index in [1.807, 2.05) is 44.2 Å². The quantitative estimate of drug-likeness (QED) is 0.254. The van der Waals surface area contributed by atoms with Gasteiger partial charge >= 0.3 is 0 Å². The molecule has 10 heteroatoms. The minimum Gasteiger partial charge on any atom is -0.352 e. The Hall–Kier alpha value is -3.07. The number of aryl methyl sites for hydroxylation is 1. The number of amides is 2. The number of anilines is 1. The van der Waals surface area contributed by atoms with E-state index in [1.165, 1.54) is 23.1 Å². The smallest absolute Gasteiger partial charge is 0.264 e. The lowest BCUT2D eigenvalue weighted by Gasteiger charge is -2.34. The predicted molar refractivity (Wildman–Crippen MR) is 168 cm³/mol. The molecule has 1 N–H and O–H groups in total. The van der Waals surface area contributed by atoms with E-state index in [4.69, 9.17) is 23.2 Å². The van der Waals surface area contributed by atoms with Crippen LogP contribution in [0.1, 0.15) is 56.6 Å². The fourth-order valence-corrected chi connectivity index (χ4v) is 7.15. The minimum absolute atomic E-state index is 0.00800. The molecule has 1 aliphatic carbocycles. The number of carbonyl (C=O) groups excluding carboxylic acids is 2. The first-order valence-electron chi connectivity index (χ1n) is 14.3. The fraction of sp³-hybridized carbons (Fsp3) is 0.375. The Balaban J connectivity index is 1.72. The maximum absolute atomic E-state index is 14.2. The van der Waals surface area contributed by atoms with Gasteiger partial charge in [0.15, 0.2) is 0 Å². The van der Waals surface area contributed by atoms with Crippen LogP contribution in [0, 0.1) is 6.92 Å². The van der Waals surface area contributed by atoms with Crippen LogP contribution in [0.4, 0.5) is 5.69 Å². The van der Waals surface area contributed by atoms with Gasteiger partial charge in [0.1, 0.15) is 12.6 Å². The van der Waals surface area contributed by atoms with Gasteiger partial charge in [-0.3, -0.25) is 13.9 Å². The van der Waals surface area contributed by atoms with Gasteiger partial charge in [0.2, 0.25) is 11.8 Å². The van der Waals surface area contributed by atoms with Gasteiger partial charge in [-0.15, -0.1) is 0 Å². The van der Waals surface area contributed by atoms with Crippen molar-refractivity contribution in [2.24, 2.45) is 0 Å². The minimum atomic E-state index is -4.24. The molecule has 4 rings (SSSR count). The topological polar surface area (TPSA) is 86.8 Å². The van der Waals surface area contributed by atoms with Crippen LogP contribution >= 0.6 is 23.2 Å². The van der Waals surface area contributed by atoms with Crippen molar-refractivity contribution in [2.45, 2.75) is 75.9 Å². The van der Waals surface area contributed by atoms with Crippen molar-refractivity contribution in [1.29, 1.82) is 0 Å². The molecule has 0 saturated heterocycles. The van der Waals surface area contributed by atoms with E-state index in [1.54, 1.807) is 24.3 Å². The fourth-order valence-electron chi connectivity index (χ4n) is 5.28. The summed E-state index contributed by atoms with van der Waals surface area (Å²) in [5, 5.41) is 3.32. The zero-order chi connectivity index (χ0) is 30.3. The van der Waals surface area contributed by atoms with Gasteiger partial charge in [-0.25, -0.2) is 8.42 Å². The number of benzene rings is 3. The second kappa shape index (κ2) is 14.4. The maximum Gasteiger partial charge on any atom is 0.264 e. The Morgan fingerprint density at radius 3 is 2.24 bits per heavy atom. The average molecular weight is 631 g/mol. The van der Waals surface area contributed by atoms with Gasteiger partial charge in [0, 0.05) is 12.6 Å². The summed E-state index contributed by atoms with van der Waals surface area (Å²) in [5.74, 6) is -0.765. The molecule has 0 aromatic heterocycles. The highest BCUT2D eigenvalue weighted by Crippen LogP contribution is 2.35. The molecule has 42 heavy (non-hydrogen) atoms. The summed E-state index contributed by atoms with van der Waals surface area (Å²) in [5.41, 5.74) is 1.79. The van der Waals surface area contributed by atoms with Gasteiger partial charge in [0.05, 0.1) is 20.6 Å². The van der Waals surface area contributed by atoms with Gasteiger partial charge < -0.3 is 10.2 Å². The monoisotopic (exact) mass is 629 g/mol. The lowest BCUT2D eigenvalue weighted by molar-refractivity contribution is -0.140. The lowest BCUT2D eigenvalue weighted by Crippen LogP contribution is -2.54. The molecule has 0 heterocycles. The summed E-state index contributed by atoms with van der Waals surface area (Å²) in [6.45, 7) is 3.27. The van der Waals surface area contributed by atoms with Crippen molar-refractivity contribution >= 4 is 50.7 Å². The maximum atomic E-state index is 14.2. The van der Waals surface area contributed by atoms with Crippen LogP contribution in [0.2, 0.25) is 10.0 Å². The zero-order valence-corrected chi connectivity index (χ0v) is 26.3. The molecule has 3 aromatic carbocycles. The Kier molecular flexibility index (Phi) is 10.9. The van der Waals surface area contributed by atoms with Crippen LogP contribution in [0.15, 0.2) is 77.7 Å². The van der Waals surface area contributed by atoms with Crippen molar-refractivity contribution in [2.75, 3.05) is 10.8 Å². The molecule has 0 aliphatic heterocycles. The summed E-state index contributed by atoms with van der Waals surface area (Å²) in [6, 6.07) is 19.6. The number of halogens is 2. The SMILES string of the molecule is CC[C@@H](C(=O)NC1CCCCC1)N(Cc1ccccc1)C(=O)CN(c1cccc(Cl)c1Cl)S(=O)(=O)c1ccc(C)cc1. The van der Waals surface area contributed by atoms with Crippen molar-refractivity contribution in [3.8, 4) is 0 Å². The number of nitrogens with zero attached hydrogens (tertiary/aromatic N) is 2. The van der Waals surface area contributed by atoms with Crippen molar-refractivity contribution in [3.05, 3.63) is 94.0 Å². The normalized spacial score (nSPS) is 14.7. The molecule has 2 amide bonds. The van der Waals surface area contributed by atoms with Gasteiger partial charge in [0.25, 0.3) is 10.0 Å². The third kappa shape index (κ3) is 7.65. The van der Waals surface area contributed by atoms with Crippen LogP contribution in [0.3, 0.4) is 0 Å². The number of carbonyl (C=O) groups is 2. The molecule has 7 nitrogen and oxygen atoms in total. The highest BCUT2D eigenvalue weighted by molar-refractivity contribution is 7.92. The zero-order valence-electron chi connectivity index (χ0n) is 23.9. The highest BCUT2D eigenvalue weighted by Gasteiger charge is 2.35. The Labute approximate surface area is 258 Å². The van der Waals surface area contributed by atoms with Crippen LogP contribution in [-0.4, -0.2) is 43.8 Å². The second-order valence-electron chi connectivity index (χ2n) is 10.7. The van der Waals surface area contributed by atoms with Crippen LogP contribution in [0.25, 0.3) is 0 Å². The number of rotatable bonds is 11. The number of hydrogen-bond acceptors (Lipinski definition) is 4. The largest absolute Gasteiger partial charge is 0.352 e. The summed E-state index contributed by atoms with van der Waals surface area (Å²) in [7, 11) is -4.24. The van der Waals surface area contributed by atoms with E-state index in [-0.39, 0.29) is 39.1 Å². The molecule has 1 fully saturated rings. The number of hydrogen-bond donors (Lipinski definition) is 1. The van der Waals surface area contributed by atoms with Crippen LogP contribution in [0.5, 0.6) is 0 Å². The molecule has 1 saturated carbocycles. The first kappa shape index (κ1) is 31.9. The summed E-state index contributed by atoms with van der Waals surface area (Å²) in [6.07, 6.45) is 5.44. The molecule has 0 unspecified atom stereocenters. The van der Waals surface area contributed by atoms with Crippen LogP contribution < -0.4 is 9.62 Å². The van der Waals surface area contributed by atoms with E-state index in [9.17, 15) is 18.0 Å². The molecule has 1 atom stereocenters. The predicted octanol–water partition coefficient (Wildman–Crippen LogP) is 6.75. The molecule has 3 aromatic rings. The first-order valence-corrected chi connectivity index (χ1v) is 16.5. The first-order chi connectivity index (χ1) is 20.1. The van der Waals surface area contributed by atoms with Gasteiger partial charge in [-0.1, -0.05) is 103 Å². The van der Waals surface area contributed by atoms with E-state index in [0.29, 0.717) is 6.42 Å². The van der Waals surface area contributed by atoms with E-state index < -0.39 is 28.5 Å². The molecule has 224 valence electrons. The van der Waals surface area contributed by atoms with E-state index in [2.05, 4.69) is 5.32 Å². The van der Waals surface area contributed by atoms with Gasteiger partial charge in [-0.05, 0) is 56.0 Å². The summed E-state index contributed by atoms with van der Waals surface area (Å²) in [4.78, 5) is 29.3. The lowest BCUT2D eigenvalue weighted by atomic mass is 9.95.